The number of benzene rings is 3. The molecule has 4 rings (SSSR count). The second kappa shape index (κ2) is 11.2. The summed E-state index contributed by atoms with van der Waals surface area (Å²) in [6, 6.07) is 23.0. The van der Waals surface area contributed by atoms with Crippen molar-refractivity contribution < 1.29 is 13.2 Å². The molecule has 0 aliphatic carbocycles. The Labute approximate surface area is 228 Å². The van der Waals surface area contributed by atoms with Gasteiger partial charge < -0.3 is 4.57 Å². The van der Waals surface area contributed by atoms with E-state index in [2.05, 4.69) is 10.5 Å². The Bertz CT molecular complexity index is 1610. The summed E-state index contributed by atoms with van der Waals surface area (Å²) in [4.78, 5) is 13.1. The van der Waals surface area contributed by atoms with Crippen LogP contribution in [0.3, 0.4) is 0 Å². The summed E-state index contributed by atoms with van der Waals surface area (Å²) >= 11 is 6.39. The van der Waals surface area contributed by atoms with Crippen LogP contribution in [0.2, 0.25) is 5.02 Å². The minimum Gasteiger partial charge on any atom is -0.316 e. The van der Waals surface area contributed by atoms with Gasteiger partial charge in [0.25, 0.3) is 15.9 Å². The molecule has 0 saturated carbocycles. The predicted molar refractivity (Wildman–Crippen MR) is 153 cm³/mol. The minimum atomic E-state index is -4.00. The molecule has 1 heterocycles. The highest BCUT2D eigenvalue weighted by Crippen LogP contribution is 2.28. The molecule has 7 nitrogen and oxygen atoms in total. The predicted octanol–water partition coefficient (Wildman–Crippen LogP) is 5.71. The molecule has 38 heavy (non-hydrogen) atoms. The number of nitrogens with one attached hydrogen (secondary N) is 1. The summed E-state index contributed by atoms with van der Waals surface area (Å²) in [5.74, 6) is -0.568. The number of hydrogen-bond donors (Lipinski definition) is 1. The van der Waals surface area contributed by atoms with Crippen molar-refractivity contribution in [2.75, 3.05) is 10.8 Å². The van der Waals surface area contributed by atoms with Gasteiger partial charge in [-0.15, -0.1) is 0 Å². The van der Waals surface area contributed by atoms with E-state index in [1.807, 2.05) is 74.7 Å². The second-order valence-corrected chi connectivity index (χ2v) is 11.3. The Morgan fingerprint density at radius 2 is 1.66 bits per heavy atom. The van der Waals surface area contributed by atoms with Crippen molar-refractivity contribution in [1.82, 2.24) is 9.99 Å². The number of hydrazone groups is 1. The van der Waals surface area contributed by atoms with Crippen LogP contribution in [0, 0.1) is 27.7 Å². The van der Waals surface area contributed by atoms with Crippen molar-refractivity contribution in [3.8, 4) is 5.69 Å². The molecule has 196 valence electrons. The molecule has 0 fully saturated rings. The lowest BCUT2D eigenvalue weighted by atomic mass is 10.1. The van der Waals surface area contributed by atoms with Gasteiger partial charge in [0.15, 0.2) is 0 Å². The molecule has 1 amide bonds. The van der Waals surface area contributed by atoms with Gasteiger partial charge in [-0.25, -0.2) is 13.8 Å². The number of sulfonamides is 1. The first-order chi connectivity index (χ1) is 18.1. The number of amides is 1. The third-order valence-electron chi connectivity index (χ3n) is 6.21. The molecule has 0 spiro atoms. The molecule has 3 aromatic carbocycles. The largest absolute Gasteiger partial charge is 0.316 e. The first-order valence-electron chi connectivity index (χ1n) is 12.0. The van der Waals surface area contributed by atoms with Gasteiger partial charge in [-0.3, -0.25) is 9.10 Å². The third kappa shape index (κ3) is 5.66. The molecule has 0 bridgehead atoms. The van der Waals surface area contributed by atoms with Gasteiger partial charge in [-0.2, -0.15) is 5.10 Å². The summed E-state index contributed by atoms with van der Waals surface area (Å²) in [7, 11) is -4.00. The van der Waals surface area contributed by atoms with Gasteiger partial charge in [-0.1, -0.05) is 54.1 Å². The zero-order valence-electron chi connectivity index (χ0n) is 21.6. The Kier molecular flexibility index (Phi) is 8.04. The van der Waals surface area contributed by atoms with Gasteiger partial charge in [0.1, 0.15) is 6.54 Å². The van der Waals surface area contributed by atoms with Crippen LogP contribution in [0.15, 0.2) is 88.9 Å². The summed E-state index contributed by atoms with van der Waals surface area (Å²) in [6.07, 6.45) is 1.54. The van der Waals surface area contributed by atoms with Crippen LogP contribution in [0.5, 0.6) is 0 Å². The number of halogens is 1. The molecule has 0 radical (unpaired) electrons. The van der Waals surface area contributed by atoms with E-state index in [1.165, 1.54) is 12.1 Å². The average molecular weight is 549 g/mol. The molecule has 0 saturated heterocycles. The quantitative estimate of drug-likeness (QED) is 0.226. The standard InChI is InChI=1S/C29H29ClN4O3S/c1-20-14-15-21(2)28(16-20)33(38(36,37)25-10-6-5-7-11-25)19-29(35)32-31-18-24-17-22(3)34(23(24)4)27-13-9-8-12-26(27)30/h5-18H,19H2,1-4H3,(H,32,35)/b31-18-. The van der Waals surface area contributed by atoms with Crippen LogP contribution in [0.1, 0.15) is 28.1 Å². The first-order valence-corrected chi connectivity index (χ1v) is 13.8. The van der Waals surface area contributed by atoms with Crippen molar-refractivity contribution in [1.29, 1.82) is 0 Å². The molecule has 1 N–H and O–H groups in total. The van der Waals surface area contributed by atoms with E-state index in [0.29, 0.717) is 10.7 Å². The van der Waals surface area contributed by atoms with Crippen LogP contribution in [-0.4, -0.2) is 31.7 Å². The number of rotatable bonds is 8. The van der Waals surface area contributed by atoms with E-state index in [4.69, 9.17) is 11.6 Å². The molecular weight excluding hydrogens is 520 g/mol. The van der Waals surface area contributed by atoms with Crippen molar-refractivity contribution in [3.63, 3.8) is 0 Å². The highest BCUT2D eigenvalue weighted by molar-refractivity contribution is 7.92. The molecule has 1 aromatic heterocycles. The molecule has 0 atom stereocenters. The Morgan fingerprint density at radius 3 is 2.37 bits per heavy atom. The fourth-order valence-corrected chi connectivity index (χ4v) is 5.99. The van der Waals surface area contributed by atoms with Crippen LogP contribution in [0.4, 0.5) is 5.69 Å². The van der Waals surface area contributed by atoms with Crippen LogP contribution < -0.4 is 9.73 Å². The lowest BCUT2D eigenvalue weighted by molar-refractivity contribution is -0.119. The SMILES string of the molecule is Cc1ccc(C)c(N(CC(=O)N/N=C\c2cc(C)n(-c3ccccc3Cl)c2C)S(=O)(=O)c2ccccc2)c1. The fraction of sp³-hybridized carbons (Fsp3) is 0.172. The van der Waals surface area contributed by atoms with E-state index < -0.39 is 22.5 Å². The first kappa shape index (κ1) is 27.2. The number of nitrogens with zero attached hydrogens (tertiary/aromatic N) is 3. The topological polar surface area (TPSA) is 83.8 Å². The summed E-state index contributed by atoms with van der Waals surface area (Å²) in [5, 5.41) is 4.74. The normalized spacial score (nSPS) is 11.6. The number of hydrogen-bond acceptors (Lipinski definition) is 4. The fourth-order valence-electron chi connectivity index (χ4n) is 4.27. The van der Waals surface area contributed by atoms with E-state index >= 15 is 0 Å². The third-order valence-corrected chi connectivity index (χ3v) is 8.30. The van der Waals surface area contributed by atoms with Gasteiger partial charge in [0.05, 0.1) is 27.5 Å². The summed E-state index contributed by atoms with van der Waals surface area (Å²) in [5.41, 5.74) is 8.05. The van der Waals surface area contributed by atoms with Crippen molar-refractivity contribution in [3.05, 3.63) is 112 Å². The summed E-state index contributed by atoms with van der Waals surface area (Å²) < 4.78 is 30.3. The second-order valence-electron chi connectivity index (χ2n) is 9.02. The zero-order valence-corrected chi connectivity index (χ0v) is 23.2. The number of anilines is 1. The number of carbonyl (C=O) groups is 1. The molecule has 0 unspecified atom stereocenters. The van der Waals surface area contributed by atoms with Crippen molar-refractivity contribution >= 4 is 39.4 Å². The van der Waals surface area contributed by atoms with E-state index in [0.717, 1.165) is 38.1 Å². The van der Waals surface area contributed by atoms with Crippen molar-refractivity contribution in [2.24, 2.45) is 5.10 Å². The highest BCUT2D eigenvalue weighted by Gasteiger charge is 2.28. The monoisotopic (exact) mass is 548 g/mol. The maximum Gasteiger partial charge on any atom is 0.264 e. The van der Waals surface area contributed by atoms with E-state index in [-0.39, 0.29) is 4.90 Å². The molecule has 4 aromatic rings. The lowest BCUT2D eigenvalue weighted by Gasteiger charge is -2.25. The van der Waals surface area contributed by atoms with Crippen LogP contribution >= 0.6 is 11.6 Å². The molecule has 0 aliphatic heterocycles. The van der Waals surface area contributed by atoms with Gasteiger partial charge in [0.2, 0.25) is 0 Å². The Balaban J connectivity index is 1.58. The minimum absolute atomic E-state index is 0.101. The zero-order chi connectivity index (χ0) is 27.4. The maximum atomic E-state index is 13.6. The van der Waals surface area contributed by atoms with Gasteiger partial charge in [0, 0.05) is 17.0 Å². The lowest BCUT2D eigenvalue weighted by Crippen LogP contribution is -2.40. The van der Waals surface area contributed by atoms with Gasteiger partial charge >= 0.3 is 0 Å². The molecule has 0 aliphatic rings. The summed E-state index contributed by atoms with van der Waals surface area (Å²) in [6.45, 7) is 7.15. The number of para-hydroxylation sites is 1. The van der Waals surface area contributed by atoms with Crippen LogP contribution in [0.25, 0.3) is 5.69 Å². The maximum absolute atomic E-state index is 13.6. The smallest absolute Gasteiger partial charge is 0.264 e. The van der Waals surface area contributed by atoms with E-state index in [1.54, 1.807) is 30.5 Å². The Hall–Kier alpha value is -3.88. The molecular formula is C29H29ClN4O3S. The van der Waals surface area contributed by atoms with Crippen molar-refractivity contribution in [2.45, 2.75) is 32.6 Å². The number of aryl methyl sites for hydroxylation is 3. The van der Waals surface area contributed by atoms with E-state index in [9.17, 15) is 13.2 Å². The van der Waals surface area contributed by atoms with Gasteiger partial charge in [-0.05, 0) is 75.2 Å². The number of aromatic nitrogens is 1. The molecule has 9 heteroatoms. The Morgan fingerprint density at radius 1 is 0.974 bits per heavy atom. The van der Waals surface area contributed by atoms with Crippen LogP contribution in [-0.2, 0) is 14.8 Å². The highest BCUT2D eigenvalue weighted by atomic mass is 35.5. The average Bonchev–Trinajstić information content (AvgIpc) is 3.17. The number of carbonyl (C=O) groups excluding carboxylic acids is 1.